The second-order valence-corrected chi connectivity index (χ2v) is 8.39. The summed E-state index contributed by atoms with van der Waals surface area (Å²) in [6, 6.07) is 13.1. The minimum absolute atomic E-state index is 0.533. The number of hydrogen-bond donors (Lipinski definition) is 1. The van der Waals surface area contributed by atoms with Crippen LogP contribution in [0.3, 0.4) is 0 Å². The highest BCUT2D eigenvalue weighted by molar-refractivity contribution is 5.65. The standard InChI is InChI=1S/C24H32N6O/c25-18-22-23(27-19-28-24(22)30-13-15-31-16-14-30)26-9-4-10-29-11-7-21(8-12-29)17-20-5-2-1-3-6-20/h1-3,5-6,19,21H,4,7-17H2,(H,26,27,28). The molecule has 0 spiro atoms. The molecular weight excluding hydrogens is 388 g/mol. The molecule has 0 saturated carbocycles. The van der Waals surface area contributed by atoms with Crippen LogP contribution in [0.2, 0.25) is 0 Å². The highest BCUT2D eigenvalue weighted by Crippen LogP contribution is 2.24. The molecule has 31 heavy (non-hydrogen) atoms. The van der Waals surface area contributed by atoms with Crippen molar-refractivity contribution in [3.63, 3.8) is 0 Å². The van der Waals surface area contributed by atoms with E-state index in [-0.39, 0.29) is 0 Å². The van der Waals surface area contributed by atoms with Crippen molar-refractivity contribution in [1.82, 2.24) is 14.9 Å². The first-order valence-electron chi connectivity index (χ1n) is 11.4. The molecule has 0 radical (unpaired) electrons. The molecule has 0 amide bonds. The van der Waals surface area contributed by atoms with Gasteiger partial charge in [0.25, 0.3) is 0 Å². The highest BCUT2D eigenvalue weighted by atomic mass is 16.5. The van der Waals surface area contributed by atoms with E-state index in [9.17, 15) is 5.26 Å². The van der Waals surface area contributed by atoms with Crippen molar-refractivity contribution < 1.29 is 4.74 Å². The zero-order valence-corrected chi connectivity index (χ0v) is 18.2. The van der Waals surface area contributed by atoms with Crippen LogP contribution in [0.25, 0.3) is 0 Å². The maximum absolute atomic E-state index is 9.68. The van der Waals surface area contributed by atoms with Crippen molar-refractivity contribution in [3.8, 4) is 6.07 Å². The van der Waals surface area contributed by atoms with Crippen molar-refractivity contribution in [1.29, 1.82) is 5.26 Å². The molecular formula is C24H32N6O. The Hall–Kier alpha value is -2.69. The minimum Gasteiger partial charge on any atom is -0.378 e. The summed E-state index contributed by atoms with van der Waals surface area (Å²) in [6.07, 6.45) is 6.33. The lowest BCUT2D eigenvalue weighted by molar-refractivity contribution is 0.122. The number of anilines is 2. The monoisotopic (exact) mass is 420 g/mol. The number of ether oxygens (including phenoxy) is 1. The average Bonchev–Trinajstić information content (AvgIpc) is 2.84. The summed E-state index contributed by atoms with van der Waals surface area (Å²) < 4.78 is 5.41. The summed E-state index contributed by atoms with van der Waals surface area (Å²) in [4.78, 5) is 13.4. The fraction of sp³-hybridized carbons (Fsp3) is 0.542. The van der Waals surface area contributed by atoms with Crippen molar-refractivity contribution in [2.45, 2.75) is 25.7 Å². The predicted molar refractivity (Wildman–Crippen MR) is 122 cm³/mol. The van der Waals surface area contributed by atoms with Gasteiger partial charge in [-0.15, -0.1) is 0 Å². The fourth-order valence-corrected chi connectivity index (χ4v) is 4.50. The second kappa shape index (κ2) is 11.1. The van der Waals surface area contributed by atoms with Gasteiger partial charge in [0.1, 0.15) is 23.8 Å². The van der Waals surface area contributed by atoms with Gasteiger partial charge in [0.2, 0.25) is 0 Å². The van der Waals surface area contributed by atoms with Crippen LogP contribution in [-0.4, -0.2) is 67.4 Å². The summed E-state index contributed by atoms with van der Waals surface area (Å²) in [5, 5.41) is 13.1. The SMILES string of the molecule is N#Cc1c(NCCCN2CCC(Cc3ccccc3)CC2)ncnc1N1CCOCC1. The van der Waals surface area contributed by atoms with E-state index in [1.54, 1.807) is 6.33 Å². The summed E-state index contributed by atoms with van der Waals surface area (Å²) in [6.45, 7) is 7.08. The van der Waals surface area contributed by atoms with E-state index in [0.29, 0.717) is 30.4 Å². The van der Waals surface area contributed by atoms with E-state index in [1.165, 1.54) is 37.9 Å². The van der Waals surface area contributed by atoms with Gasteiger partial charge >= 0.3 is 0 Å². The molecule has 0 unspecified atom stereocenters. The number of morpholine rings is 1. The van der Waals surface area contributed by atoms with Gasteiger partial charge in [-0.2, -0.15) is 5.26 Å². The minimum atomic E-state index is 0.533. The largest absolute Gasteiger partial charge is 0.378 e. The van der Waals surface area contributed by atoms with E-state index in [2.05, 4.69) is 61.5 Å². The topological polar surface area (TPSA) is 77.3 Å². The zero-order chi connectivity index (χ0) is 21.3. The molecule has 1 aromatic carbocycles. The Labute approximate surface area is 185 Å². The van der Waals surface area contributed by atoms with Gasteiger partial charge in [-0.1, -0.05) is 30.3 Å². The fourth-order valence-electron chi connectivity index (χ4n) is 4.50. The Bertz CT molecular complexity index is 854. The van der Waals surface area contributed by atoms with Gasteiger partial charge in [-0.05, 0) is 56.8 Å². The number of nitrogens with zero attached hydrogens (tertiary/aromatic N) is 5. The summed E-state index contributed by atoms with van der Waals surface area (Å²) in [7, 11) is 0. The second-order valence-electron chi connectivity index (χ2n) is 8.39. The predicted octanol–water partition coefficient (Wildman–Crippen LogP) is 2.94. The first kappa shape index (κ1) is 21.5. The number of piperidine rings is 1. The number of benzene rings is 1. The molecule has 0 atom stereocenters. The molecule has 0 bridgehead atoms. The van der Waals surface area contributed by atoms with Gasteiger partial charge in [-0.25, -0.2) is 9.97 Å². The van der Waals surface area contributed by atoms with Crippen LogP contribution in [0.4, 0.5) is 11.6 Å². The molecule has 7 nitrogen and oxygen atoms in total. The first-order chi connectivity index (χ1) is 15.3. The number of nitriles is 1. The molecule has 0 aliphatic carbocycles. The number of hydrogen-bond acceptors (Lipinski definition) is 7. The molecule has 1 N–H and O–H groups in total. The van der Waals surface area contributed by atoms with Crippen LogP contribution < -0.4 is 10.2 Å². The maximum atomic E-state index is 9.68. The summed E-state index contributed by atoms with van der Waals surface area (Å²) in [5.74, 6) is 2.15. The van der Waals surface area contributed by atoms with Gasteiger partial charge in [-0.3, -0.25) is 0 Å². The number of aromatic nitrogens is 2. The zero-order valence-electron chi connectivity index (χ0n) is 18.2. The molecule has 2 saturated heterocycles. The van der Waals surface area contributed by atoms with Gasteiger partial charge in [0.15, 0.2) is 5.82 Å². The summed E-state index contributed by atoms with van der Waals surface area (Å²) in [5.41, 5.74) is 1.99. The number of likely N-dealkylation sites (tertiary alicyclic amines) is 1. The van der Waals surface area contributed by atoms with Gasteiger partial charge in [0.05, 0.1) is 13.2 Å². The highest BCUT2D eigenvalue weighted by Gasteiger charge is 2.21. The van der Waals surface area contributed by atoms with Gasteiger partial charge < -0.3 is 19.9 Å². The number of rotatable bonds is 8. The Balaban J connectivity index is 1.20. The Morgan fingerprint density at radius 1 is 1.06 bits per heavy atom. The molecule has 1 aromatic heterocycles. The molecule has 164 valence electrons. The number of nitrogens with one attached hydrogen (secondary N) is 1. The van der Waals surface area contributed by atoms with E-state index in [1.807, 2.05) is 0 Å². The lowest BCUT2D eigenvalue weighted by atomic mass is 9.90. The van der Waals surface area contributed by atoms with Crippen LogP contribution in [0.5, 0.6) is 0 Å². The van der Waals surface area contributed by atoms with Gasteiger partial charge in [0, 0.05) is 19.6 Å². The molecule has 2 fully saturated rings. The van der Waals surface area contributed by atoms with E-state index in [0.717, 1.165) is 38.5 Å². The Morgan fingerprint density at radius 2 is 1.84 bits per heavy atom. The third kappa shape index (κ3) is 5.93. The van der Waals surface area contributed by atoms with E-state index < -0.39 is 0 Å². The normalized spacial score (nSPS) is 18.0. The molecule has 2 aromatic rings. The van der Waals surface area contributed by atoms with Crippen LogP contribution in [0.1, 0.15) is 30.4 Å². The van der Waals surface area contributed by atoms with E-state index >= 15 is 0 Å². The molecule has 3 heterocycles. The molecule has 7 heteroatoms. The smallest absolute Gasteiger partial charge is 0.152 e. The molecule has 2 aliphatic heterocycles. The quantitative estimate of drug-likeness (QED) is 0.658. The lowest BCUT2D eigenvalue weighted by Crippen LogP contribution is -2.37. The van der Waals surface area contributed by atoms with Crippen molar-refractivity contribution in [3.05, 3.63) is 47.8 Å². The third-order valence-electron chi connectivity index (χ3n) is 6.27. The van der Waals surface area contributed by atoms with Crippen LogP contribution >= 0.6 is 0 Å². The van der Waals surface area contributed by atoms with Crippen molar-refractivity contribution >= 4 is 11.6 Å². The van der Waals surface area contributed by atoms with Crippen molar-refractivity contribution in [2.75, 3.05) is 62.7 Å². The maximum Gasteiger partial charge on any atom is 0.152 e. The van der Waals surface area contributed by atoms with Crippen LogP contribution in [0, 0.1) is 17.2 Å². The first-order valence-corrected chi connectivity index (χ1v) is 11.4. The Kier molecular flexibility index (Phi) is 7.70. The molecule has 2 aliphatic rings. The molecule has 4 rings (SSSR count). The Morgan fingerprint density at radius 3 is 2.58 bits per heavy atom. The van der Waals surface area contributed by atoms with E-state index in [4.69, 9.17) is 4.74 Å². The van der Waals surface area contributed by atoms with Crippen LogP contribution in [-0.2, 0) is 11.2 Å². The summed E-state index contributed by atoms with van der Waals surface area (Å²) >= 11 is 0. The lowest BCUT2D eigenvalue weighted by Gasteiger charge is -2.32. The van der Waals surface area contributed by atoms with Crippen LogP contribution in [0.15, 0.2) is 36.7 Å². The third-order valence-corrected chi connectivity index (χ3v) is 6.27. The average molecular weight is 421 g/mol. The van der Waals surface area contributed by atoms with Crippen molar-refractivity contribution in [2.24, 2.45) is 5.92 Å².